The first-order valence-electron chi connectivity index (χ1n) is 10.4. The molecule has 3 aromatic rings. The van der Waals surface area contributed by atoms with Gasteiger partial charge in [-0.05, 0) is 48.2 Å². The normalized spacial score (nSPS) is 13.6. The fourth-order valence-corrected chi connectivity index (χ4v) is 3.82. The van der Waals surface area contributed by atoms with Crippen LogP contribution in [0.3, 0.4) is 0 Å². The highest BCUT2D eigenvalue weighted by Crippen LogP contribution is 2.33. The van der Waals surface area contributed by atoms with E-state index in [-0.39, 0.29) is 0 Å². The van der Waals surface area contributed by atoms with Crippen molar-refractivity contribution in [3.63, 3.8) is 0 Å². The minimum atomic E-state index is 0.583. The summed E-state index contributed by atoms with van der Waals surface area (Å²) in [5.41, 5.74) is 4.66. The van der Waals surface area contributed by atoms with E-state index in [1.54, 1.807) is 14.2 Å². The van der Waals surface area contributed by atoms with Gasteiger partial charge in [-0.15, -0.1) is 0 Å². The summed E-state index contributed by atoms with van der Waals surface area (Å²) in [6.07, 6.45) is 2.45. The molecular formula is C23H28N6O2. The molecule has 1 aromatic heterocycles. The van der Waals surface area contributed by atoms with Crippen molar-refractivity contribution in [1.82, 2.24) is 25.4 Å². The minimum absolute atomic E-state index is 0.583. The lowest BCUT2D eigenvalue weighted by atomic mass is 9.99. The molecule has 0 saturated heterocycles. The van der Waals surface area contributed by atoms with Gasteiger partial charge in [-0.1, -0.05) is 18.2 Å². The Morgan fingerprint density at radius 2 is 1.97 bits per heavy atom. The molecule has 2 aromatic carbocycles. The average molecular weight is 421 g/mol. The Bertz CT molecular complexity index is 1050. The Hall–Kier alpha value is -3.55. The van der Waals surface area contributed by atoms with Crippen LogP contribution in [0.4, 0.5) is 0 Å². The second kappa shape index (κ2) is 9.51. The molecule has 0 aliphatic carbocycles. The quantitative estimate of drug-likeness (QED) is 0.471. The number of guanidine groups is 1. The summed E-state index contributed by atoms with van der Waals surface area (Å²) in [5, 5.41) is 10.3. The van der Waals surface area contributed by atoms with E-state index in [1.165, 1.54) is 17.5 Å². The molecule has 8 nitrogen and oxygen atoms in total. The summed E-state index contributed by atoms with van der Waals surface area (Å²) in [7, 11) is 3.34. The first-order valence-corrected chi connectivity index (χ1v) is 10.4. The van der Waals surface area contributed by atoms with E-state index < -0.39 is 0 Å². The number of aromatic amines is 1. The number of aliphatic imine (C=N–C) groups is 1. The van der Waals surface area contributed by atoms with Gasteiger partial charge in [0.25, 0.3) is 0 Å². The lowest BCUT2D eigenvalue weighted by molar-refractivity contribution is 0.346. The van der Waals surface area contributed by atoms with Crippen LogP contribution in [-0.4, -0.2) is 53.3 Å². The highest BCUT2D eigenvalue weighted by Gasteiger charge is 2.21. The third-order valence-corrected chi connectivity index (χ3v) is 5.38. The number of methoxy groups -OCH3 is 2. The van der Waals surface area contributed by atoms with Gasteiger partial charge in [-0.2, -0.15) is 5.10 Å². The molecule has 8 heteroatoms. The zero-order valence-electron chi connectivity index (χ0n) is 18.2. The van der Waals surface area contributed by atoms with Crippen LogP contribution in [0.2, 0.25) is 0 Å². The second-order valence-electron chi connectivity index (χ2n) is 7.35. The smallest absolute Gasteiger partial charge is 0.194 e. The summed E-state index contributed by atoms with van der Waals surface area (Å²) in [4.78, 5) is 11.4. The van der Waals surface area contributed by atoms with Gasteiger partial charge in [0.05, 0.1) is 20.8 Å². The molecule has 0 fully saturated rings. The van der Waals surface area contributed by atoms with Gasteiger partial charge in [0.15, 0.2) is 23.3 Å². The van der Waals surface area contributed by atoms with Crippen LogP contribution in [0.5, 0.6) is 11.5 Å². The van der Waals surface area contributed by atoms with Gasteiger partial charge in [0.1, 0.15) is 6.33 Å². The van der Waals surface area contributed by atoms with E-state index in [9.17, 15) is 0 Å². The number of hydrogen-bond acceptors (Lipinski definition) is 5. The van der Waals surface area contributed by atoms with E-state index in [0.29, 0.717) is 6.54 Å². The van der Waals surface area contributed by atoms with Crippen molar-refractivity contribution in [2.75, 3.05) is 27.3 Å². The first-order chi connectivity index (χ1) is 15.2. The third-order valence-electron chi connectivity index (χ3n) is 5.38. The topological polar surface area (TPSA) is 87.7 Å². The predicted octanol–water partition coefficient (Wildman–Crippen LogP) is 3.01. The molecule has 162 valence electrons. The maximum Gasteiger partial charge on any atom is 0.194 e. The molecule has 1 aliphatic heterocycles. The van der Waals surface area contributed by atoms with Crippen LogP contribution in [0.1, 0.15) is 23.6 Å². The largest absolute Gasteiger partial charge is 0.493 e. The van der Waals surface area contributed by atoms with Crippen LogP contribution >= 0.6 is 0 Å². The zero-order valence-corrected chi connectivity index (χ0v) is 18.2. The fraction of sp³-hybridized carbons (Fsp3) is 0.348. The molecule has 0 spiro atoms. The lowest BCUT2D eigenvalue weighted by Crippen LogP contribution is -2.44. The van der Waals surface area contributed by atoms with Gasteiger partial charge in [-0.25, -0.2) is 9.98 Å². The summed E-state index contributed by atoms with van der Waals surface area (Å²) in [6.45, 7) is 5.16. The average Bonchev–Trinajstić information content (AvgIpc) is 3.36. The summed E-state index contributed by atoms with van der Waals surface area (Å²) in [6, 6.07) is 12.4. The molecule has 0 bridgehead atoms. The zero-order chi connectivity index (χ0) is 21.6. The van der Waals surface area contributed by atoms with Crippen molar-refractivity contribution >= 4 is 5.96 Å². The van der Waals surface area contributed by atoms with Crippen LogP contribution in [0.15, 0.2) is 47.7 Å². The Morgan fingerprint density at radius 3 is 2.68 bits per heavy atom. The molecule has 0 radical (unpaired) electrons. The fourth-order valence-electron chi connectivity index (χ4n) is 3.82. The summed E-state index contributed by atoms with van der Waals surface area (Å²) < 4.78 is 10.9. The Morgan fingerprint density at radius 1 is 1.16 bits per heavy atom. The SMILES string of the molecule is CCNC(=NCc1cccc(-c2ncn[nH]2)c1)N1CCc2cc(OC)c(OC)cc2C1. The number of ether oxygens (including phenoxy) is 2. The number of H-pyrrole nitrogens is 1. The van der Waals surface area contributed by atoms with Gasteiger partial charge >= 0.3 is 0 Å². The van der Waals surface area contributed by atoms with Gasteiger partial charge < -0.3 is 19.7 Å². The molecule has 0 atom stereocenters. The molecule has 0 saturated carbocycles. The minimum Gasteiger partial charge on any atom is -0.493 e. The predicted molar refractivity (Wildman–Crippen MR) is 120 cm³/mol. The lowest BCUT2D eigenvalue weighted by Gasteiger charge is -2.32. The maximum atomic E-state index is 5.49. The van der Waals surface area contributed by atoms with Crippen LogP contribution in [0.25, 0.3) is 11.4 Å². The van der Waals surface area contributed by atoms with E-state index in [0.717, 1.165) is 60.5 Å². The van der Waals surface area contributed by atoms with Crippen LogP contribution in [0, 0.1) is 0 Å². The van der Waals surface area contributed by atoms with Crippen molar-refractivity contribution in [2.45, 2.75) is 26.4 Å². The van der Waals surface area contributed by atoms with Crippen molar-refractivity contribution < 1.29 is 9.47 Å². The molecule has 1 aliphatic rings. The van der Waals surface area contributed by atoms with Crippen LogP contribution < -0.4 is 14.8 Å². The molecule has 2 heterocycles. The monoisotopic (exact) mass is 420 g/mol. The number of nitrogens with one attached hydrogen (secondary N) is 2. The highest BCUT2D eigenvalue weighted by atomic mass is 16.5. The standard InChI is InChI=1S/C23H28N6O2/c1-4-24-23(25-13-16-6-5-7-18(10-16)22-26-15-27-28-22)29-9-8-17-11-20(30-2)21(31-3)12-19(17)14-29/h5-7,10-12,15H,4,8-9,13-14H2,1-3H3,(H,24,25)(H,26,27,28). The second-order valence-corrected chi connectivity index (χ2v) is 7.35. The number of aromatic nitrogens is 3. The summed E-state index contributed by atoms with van der Waals surface area (Å²) >= 11 is 0. The molecular weight excluding hydrogens is 392 g/mol. The van der Waals surface area contributed by atoms with Crippen LogP contribution in [-0.2, 0) is 19.5 Å². The number of hydrogen-bond donors (Lipinski definition) is 2. The molecule has 31 heavy (non-hydrogen) atoms. The van der Waals surface area contributed by atoms with Crippen molar-refractivity contribution in [3.05, 3.63) is 59.4 Å². The molecule has 2 N–H and O–H groups in total. The number of benzene rings is 2. The van der Waals surface area contributed by atoms with Crippen molar-refractivity contribution in [1.29, 1.82) is 0 Å². The Labute approximate surface area is 182 Å². The first kappa shape index (κ1) is 20.7. The van der Waals surface area contributed by atoms with E-state index in [1.807, 2.05) is 12.1 Å². The number of fused-ring (bicyclic) bond motifs is 1. The number of nitrogens with zero attached hydrogens (tertiary/aromatic N) is 4. The van der Waals surface area contributed by atoms with E-state index in [4.69, 9.17) is 14.5 Å². The molecule has 0 unspecified atom stereocenters. The Balaban J connectivity index is 1.53. The number of rotatable bonds is 6. The summed E-state index contributed by atoms with van der Waals surface area (Å²) in [5.74, 6) is 3.21. The maximum absolute atomic E-state index is 5.49. The highest BCUT2D eigenvalue weighted by molar-refractivity contribution is 5.80. The van der Waals surface area contributed by atoms with Gasteiger partial charge in [-0.3, -0.25) is 5.10 Å². The van der Waals surface area contributed by atoms with Gasteiger partial charge in [0, 0.05) is 25.2 Å². The van der Waals surface area contributed by atoms with E-state index in [2.05, 4.69) is 56.6 Å². The third kappa shape index (κ3) is 4.63. The Kier molecular flexibility index (Phi) is 6.35. The molecule has 4 rings (SSSR count). The van der Waals surface area contributed by atoms with Crippen molar-refractivity contribution in [3.8, 4) is 22.9 Å². The van der Waals surface area contributed by atoms with Crippen molar-refractivity contribution in [2.24, 2.45) is 4.99 Å². The van der Waals surface area contributed by atoms with E-state index >= 15 is 0 Å². The molecule has 0 amide bonds. The van der Waals surface area contributed by atoms with Gasteiger partial charge in [0.2, 0.25) is 0 Å².